The Balaban J connectivity index is 1.97. The van der Waals surface area contributed by atoms with Gasteiger partial charge in [0.25, 0.3) is 0 Å². The zero-order valence-electron chi connectivity index (χ0n) is 8.24. The molecule has 0 aliphatic carbocycles. The van der Waals surface area contributed by atoms with Crippen molar-refractivity contribution >= 4 is 11.5 Å². The Kier molecular flexibility index (Phi) is 1.85. The van der Waals surface area contributed by atoms with Crippen LogP contribution in [-0.2, 0) is 0 Å². The van der Waals surface area contributed by atoms with Crippen LogP contribution in [-0.4, -0.2) is 38.9 Å². The molecule has 0 radical (unpaired) electrons. The Bertz CT molecular complexity index is 481. The topological polar surface area (TPSA) is 53.7 Å². The quantitative estimate of drug-likeness (QED) is 0.726. The molecule has 0 unspecified atom stereocenters. The summed E-state index contributed by atoms with van der Waals surface area (Å²) in [6.45, 7) is 1.55. The molecular weight excluding hydrogens is 192 g/mol. The van der Waals surface area contributed by atoms with E-state index in [0.29, 0.717) is 6.54 Å². The van der Waals surface area contributed by atoms with Crippen LogP contribution in [0.5, 0.6) is 0 Å². The summed E-state index contributed by atoms with van der Waals surface area (Å²) in [6, 6.07) is 3.80. The fraction of sp³-hybridized carbons (Fsp3) is 0.400. The predicted molar refractivity (Wildman–Crippen MR) is 55.8 cm³/mol. The molecule has 1 atom stereocenters. The summed E-state index contributed by atoms with van der Waals surface area (Å²) in [5, 5.41) is 13.5. The molecule has 0 amide bonds. The van der Waals surface area contributed by atoms with Gasteiger partial charge in [0.15, 0.2) is 5.65 Å². The van der Waals surface area contributed by atoms with Crippen molar-refractivity contribution in [3.8, 4) is 0 Å². The zero-order valence-corrected chi connectivity index (χ0v) is 8.24. The number of anilines is 1. The van der Waals surface area contributed by atoms with Gasteiger partial charge in [0, 0.05) is 25.4 Å². The molecule has 3 rings (SSSR count). The van der Waals surface area contributed by atoms with Crippen LogP contribution in [0.2, 0.25) is 0 Å². The fourth-order valence-corrected chi connectivity index (χ4v) is 1.93. The number of aromatic nitrogens is 3. The summed E-state index contributed by atoms with van der Waals surface area (Å²) in [6.07, 6.45) is 4.23. The van der Waals surface area contributed by atoms with Gasteiger partial charge in [-0.05, 0) is 12.5 Å². The van der Waals surface area contributed by atoms with Gasteiger partial charge >= 0.3 is 0 Å². The highest BCUT2D eigenvalue weighted by Crippen LogP contribution is 2.18. The number of hydrogen-bond acceptors (Lipinski definition) is 4. The minimum Gasteiger partial charge on any atom is -0.391 e. The molecule has 0 aromatic carbocycles. The van der Waals surface area contributed by atoms with E-state index in [1.165, 1.54) is 0 Å². The van der Waals surface area contributed by atoms with Gasteiger partial charge in [-0.25, -0.2) is 9.50 Å². The van der Waals surface area contributed by atoms with Crippen LogP contribution in [0.25, 0.3) is 5.65 Å². The van der Waals surface area contributed by atoms with E-state index < -0.39 is 0 Å². The molecule has 5 heteroatoms. The number of fused-ring (bicyclic) bond motifs is 1. The van der Waals surface area contributed by atoms with Crippen LogP contribution in [0, 0.1) is 0 Å². The average Bonchev–Trinajstić information content (AvgIpc) is 2.84. The molecule has 1 fully saturated rings. The third-order valence-electron chi connectivity index (χ3n) is 2.73. The van der Waals surface area contributed by atoms with E-state index in [4.69, 9.17) is 0 Å². The number of hydrogen-bond donors (Lipinski definition) is 1. The monoisotopic (exact) mass is 204 g/mol. The summed E-state index contributed by atoms with van der Waals surface area (Å²) in [5.41, 5.74) is 0.842. The summed E-state index contributed by atoms with van der Waals surface area (Å²) in [7, 11) is 0. The van der Waals surface area contributed by atoms with E-state index in [-0.39, 0.29) is 6.10 Å². The maximum atomic E-state index is 9.45. The maximum Gasteiger partial charge on any atom is 0.157 e. The number of β-amino-alcohol motifs (C(OH)–C–C–N with tert-alkyl or cyclic N) is 1. The summed E-state index contributed by atoms with van der Waals surface area (Å²) in [5.74, 6) is 0.916. The van der Waals surface area contributed by atoms with E-state index in [1.807, 2.05) is 18.3 Å². The molecule has 1 N–H and O–H groups in total. The largest absolute Gasteiger partial charge is 0.391 e. The average molecular weight is 204 g/mol. The molecule has 1 aliphatic heterocycles. The SMILES string of the molecule is O[C@H]1CCN(c2ccn3nccc3n2)C1. The van der Waals surface area contributed by atoms with Crippen LogP contribution in [0.3, 0.4) is 0 Å². The lowest BCUT2D eigenvalue weighted by atomic mass is 10.3. The van der Waals surface area contributed by atoms with E-state index in [9.17, 15) is 5.11 Å². The highest BCUT2D eigenvalue weighted by atomic mass is 16.3. The summed E-state index contributed by atoms with van der Waals surface area (Å²) in [4.78, 5) is 6.56. The van der Waals surface area contributed by atoms with Crippen LogP contribution < -0.4 is 4.90 Å². The molecule has 5 nitrogen and oxygen atoms in total. The molecule has 0 saturated carbocycles. The van der Waals surface area contributed by atoms with Gasteiger partial charge in [-0.1, -0.05) is 0 Å². The van der Waals surface area contributed by atoms with E-state index >= 15 is 0 Å². The van der Waals surface area contributed by atoms with Gasteiger partial charge in [-0.2, -0.15) is 5.10 Å². The van der Waals surface area contributed by atoms with E-state index in [0.717, 1.165) is 24.4 Å². The highest BCUT2D eigenvalue weighted by molar-refractivity contribution is 5.47. The van der Waals surface area contributed by atoms with Crippen molar-refractivity contribution in [2.24, 2.45) is 0 Å². The van der Waals surface area contributed by atoms with Gasteiger partial charge in [0.2, 0.25) is 0 Å². The summed E-state index contributed by atoms with van der Waals surface area (Å²) >= 11 is 0. The van der Waals surface area contributed by atoms with E-state index in [1.54, 1.807) is 10.7 Å². The predicted octanol–water partition coefficient (Wildman–Crippen LogP) is 0.300. The minimum absolute atomic E-state index is 0.215. The van der Waals surface area contributed by atoms with Crippen LogP contribution >= 0.6 is 0 Å². The molecule has 2 aromatic rings. The van der Waals surface area contributed by atoms with Gasteiger partial charge in [-0.15, -0.1) is 0 Å². The van der Waals surface area contributed by atoms with Gasteiger partial charge in [0.1, 0.15) is 5.82 Å². The first-order valence-corrected chi connectivity index (χ1v) is 5.06. The standard InChI is InChI=1S/C10H12N4O/c15-8-2-5-13(7-8)9-3-6-14-10(12-9)1-4-11-14/h1,3-4,6,8,15H,2,5,7H2/t8-/m0/s1. The van der Waals surface area contributed by atoms with Crippen molar-refractivity contribution in [1.82, 2.24) is 14.6 Å². The molecule has 3 heterocycles. The second-order valence-corrected chi connectivity index (χ2v) is 3.81. The van der Waals surface area contributed by atoms with Gasteiger partial charge in [-0.3, -0.25) is 0 Å². The first-order valence-electron chi connectivity index (χ1n) is 5.06. The molecular formula is C10H12N4O. The van der Waals surface area contributed by atoms with Crippen LogP contribution in [0.15, 0.2) is 24.5 Å². The van der Waals surface area contributed by atoms with Crippen molar-refractivity contribution in [3.05, 3.63) is 24.5 Å². The first kappa shape index (κ1) is 8.67. The molecule has 1 aliphatic rings. The normalized spacial score (nSPS) is 21.4. The first-order chi connectivity index (χ1) is 7.33. The van der Waals surface area contributed by atoms with Crippen molar-refractivity contribution in [3.63, 3.8) is 0 Å². The molecule has 1 saturated heterocycles. The lowest BCUT2D eigenvalue weighted by molar-refractivity contribution is 0.198. The van der Waals surface area contributed by atoms with Crippen molar-refractivity contribution in [2.45, 2.75) is 12.5 Å². The maximum absolute atomic E-state index is 9.45. The molecule has 0 spiro atoms. The summed E-state index contributed by atoms with van der Waals surface area (Å²) < 4.78 is 1.73. The molecule has 0 bridgehead atoms. The van der Waals surface area contributed by atoms with Crippen LogP contribution in [0.1, 0.15) is 6.42 Å². The van der Waals surface area contributed by atoms with Gasteiger partial charge < -0.3 is 10.0 Å². The Labute approximate surface area is 87.0 Å². The number of nitrogens with zero attached hydrogens (tertiary/aromatic N) is 4. The second-order valence-electron chi connectivity index (χ2n) is 3.81. The number of rotatable bonds is 1. The Morgan fingerprint density at radius 1 is 1.40 bits per heavy atom. The third kappa shape index (κ3) is 1.45. The molecule has 15 heavy (non-hydrogen) atoms. The fourth-order valence-electron chi connectivity index (χ4n) is 1.93. The number of aliphatic hydroxyl groups is 1. The Morgan fingerprint density at radius 3 is 3.13 bits per heavy atom. The van der Waals surface area contributed by atoms with Crippen molar-refractivity contribution in [1.29, 1.82) is 0 Å². The van der Waals surface area contributed by atoms with Gasteiger partial charge in [0.05, 0.1) is 12.3 Å². The second kappa shape index (κ2) is 3.20. The highest BCUT2D eigenvalue weighted by Gasteiger charge is 2.21. The Morgan fingerprint density at radius 2 is 2.33 bits per heavy atom. The lowest BCUT2D eigenvalue weighted by Gasteiger charge is -2.16. The van der Waals surface area contributed by atoms with E-state index in [2.05, 4.69) is 15.0 Å². The molecule has 78 valence electrons. The van der Waals surface area contributed by atoms with Crippen molar-refractivity contribution < 1.29 is 5.11 Å². The number of aliphatic hydroxyl groups excluding tert-OH is 1. The van der Waals surface area contributed by atoms with Crippen LogP contribution in [0.4, 0.5) is 5.82 Å². The minimum atomic E-state index is -0.215. The Hall–Kier alpha value is -1.62. The third-order valence-corrected chi connectivity index (χ3v) is 2.73. The smallest absolute Gasteiger partial charge is 0.157 e. The molecule has 2 aromatic heterocycles. The lowest BCUT2D eigenvalue weighted by Crippen LogP contribution is -2.22. The zero-order chi connectivity index (χ0) is 10.3. The van der Waals surface area contributed by atoms with Crippen molar-refractivity contribution in [2.75, 3.05) is 18.0 Å².